The number of ether oxygens (including phenoxy) is 1. The van der Waals surface area contributed by atoms with Crippen molar-refractivity contribution in [2.24, 2.45) is 0 Å². The predicted octanol–water partition coefficient (Wildman–Crippen LogP) is 5.47. The zero-order chi connectivity index (χ0) is 19.7. The summed E-state index contributed by atoms with van der Waals surface area (Å²) in [5, 5.41) is 3.15. The molecule has 3 rings (SSSR count). The van der Waals surface area contributed by atoms with Crippen LogP contribution in [0.25, 0.3) is 11.1 Å². The number of hydrogen-bond donors (Lipinski definition) is 1. The fourth-order valence-corrected chi connectivity index (χ4v) is 3.85. The van der Waals surface area contributed by atoms with Gasteiger partial charge in [0.05, 0.1) is 5.69 Å². The molecule has 27 heavy (non-hydrogen) atoms. The Bertz CT molecular complexity index is 812. The SMILES string of the molecule is CC(C)(C)[Si](C)(C)OCCC1Oc2ccc(-c3ccccc3)cc2NC1=O. The second kappa shape index (κ2) is 7.48. The van der Waals surface area contributed by atoms with Crippen molar-refractivity contribution in [3.8, 4) is 16.9 Å². The molecular weight excluding hydrogens is 354 g/mol. The molecular formula is C22H29NO3Si. The minimum absolute atomic E-state index is 0.105. The molecule has 0 fully saturated rings. The second-order valence-corrected chi connectivity index (χ2v) is 13.4. The van der Waals surface area contributed by atoms with Gasteiger partial charge >= 0.3 is 0 Å². The van der Waals surface area contributed by atoms with Crippen LogP contribution in [0, 0.1) is 0 Å². The van der Waals surface area contributed by atoms with E-state index in [4.69, 9.17) is 9.16 Å². The lowest BCUT2D eigenvalue weighted by atomic mass is 10.0. The van der Waals surface area contributed by atoms with Crippen molar-refractivity contribution < 1.29 is 14.0 Å². The molecule has 0 aliphatic carbocycles. The Morgan fingerprint density at radius 3 is 2.44 bits per heavy atom. The molecule has 1 aliphatic rings. The summed E-state index contributed by atoms with van der Waals surface area (Å²) in [4.78, 5) is 12.5. The van der Waals surface area contributed by atoms with E-state index in [-0.39, 0.29) is 10.9 Å². The van der Waals surface area contributed by atoms with E-state index in [2.05, 4.69) is 39.2 Å². The fraction of sp³-hybridized carbons (Fsp3) is 0.409. The highest BCUT2D eigenvalue weighted by Gasteiger charge is 2.37. The number of carbonyl (C=O) groups excluding carboxylic acids is 1. The van der Waals surface area contributed by atoms with E-state index in [1.807, 2.05) is 48.5 Å². The van der Waals surface area contributed by atoms with E-state index < -0.39 is 14.4 Å². The van der Waals surface area contributed by atoms with Gasteiger partial charge in [-0.2, -0.15) is 0 Å². The summed E-state index contributed by atoms with van der Waals surface area (Å²) in [5.41, 5.74) is 2.89. The third-order valence-electron chi connectivity index (χ3n) is 5.56. The van der Waals surface area contributed by atoms with Crippen LogP contribution in [0.15, 0.2) is 48.5 Å². The average molecular weight is 384 g/mol. The van der Waals surface area contributed by atoms with E-state index in [0.717, 1.165) is 16.8 Å². The van der Waals surface area contributed by atoms with Crippen molar-refractivity contribution >= 4 is 19.9 Å². The zero-order valence-corrected chi connectivity index (χ0v) is 17.8. The highest BCUT2D eigenvalue weighted by Crippen LogP contribution is 2.37. The summed E-state index contributed by atoms with van der Waals surface area (Å²) >= 11 is 0. The van der Waals surface area contributed by atoms with E-state index in [0.29, 0.717) is 18.8 Å². The van der Waals surface area contributed by atoms with Gasteiger partial charge in [-0.3, -0.25) is 4.79 Å². The lowest BCUT2D eigenvalue weighted by molar-refractivity contribution is -0.124. The molecule has 1 heterocycles. The van der Waals surface area contributed by atoms with Crippen LogP contribution in [0.1, 0.15) is 27.2 Å². The molecule has 4 nitrogen and oxygen atoms in total. The number of anilines is 1. The van der Waals surface area contributed by atoms with Crippen molar-refractivity contribution in [3.05, 3.63) is 48.5 Å². The van der Waals surface area contributed by atoms with Gasteiger partial charge in [-0.15, -0.1) is 0 Å². The molecule has 1 atom stereocenters. The monoisotopic (exact) mass is 383 g/mol. The summed E-state index contributed by atoms with van der Waals surface area (Å²) in [7, 11) is -1.82. The molecule has 0 saturated heterocycles. The number of fused-ring (bicyclic) bond motifs is 1. The Kier molecular flexibility index (Phi) is 5.45. The van der Waals surface area contributed by atoms with E-state index in [1.165, 1.54) is 0 Å². The Hall–Kier alpha value is -2.11. The van der Waals surface area contributed by atoms with Crippen molar-refractivity contribution in [2.45, 2.75) is 51.4 Å². The van der Waals surface area contributed by atoms with Gasteiger partial charge in [0, 0.05) is 13.0 Å². The second-order valence-electron chi connectivity index (χ2n) is 8.57. The van der Waals surface area contributed by atoms with Crippen LogP contribution < -0.4 is 10.1 Å². The Labute approximate surface area is 163 Å². The first-order valence-corrected chi connectivity index (χ1v) is 12.4. The molecule has 0 saturated carbocycles. The van der Waals surface area contributed by atoms with Crippen LogP contribution in [0.5, 0.6) is 5.75 Å². The maximum Gasteiger partial charge on any atom is 0.265 e. The molecule has 0 spiro atoms. The van der Waals surface area contributed by atoms with E-state index in [9.17, 15) is 4.79 Å². The topological polar surface area (TPSA) is 47.6 Å². The molecule has 144 valence electrons. The number of benzene rings is 2. The molecule has 5 heteroatoms. The van der Waals surface area contributed by atoms with Crippen LogP contribution in [-0.4, -0.2) is 26.9 Å². The minimum Gasteiger partial charge on any atom is -0.478 e. The number of rotatable bonds is 5. The lowest BCUT2D eigenvalue weighted by Crippen LogP contribution is -2.43. The van der Waals surface area contributed by atoms with Crippen LogP contribution in [0.3, 0.4) is 0 Å². The largest absolute Gasteiger partial charge is 0.478 e. The normalized spacial score (nSPS) is 17.1. The highest BCUT2D eigenvalue weighted by molar-refractivity contribution is 6.74. The van der Waals surface area contributed by atoms with Crippen LogP contribution in [-0.2, 0) is 9.22 Å². The standard InChI is InChI=1S/C22H29NO3Si/c1-22(2,3)27(4,5)25-14-13-20-21(24)23-18-15-17(11-12-19(18)26-20)16-9-7-6-8-10-16/h6-12,15,20H,13-14H2,1-5H3,(H,23,24). The highest BCUT2D eigenvalue weighted by atomic mass is 28.4. The van der Waals surface area contributed by atoms with Gasteiger partial charge in [0.2, 0.25) is 0 Å². The van der Waals surface area contributed by atoms with Crippen LogP contribution in [0.4, 0.5) is 5.69 Å². The Balaban J connectivity index is 1.66. The molecule has 2 aromatic rings. The molecule has 1 amide bonds. The van der Waals surface area contributed by atoms with Crippen molar-refractivity contribution in [1.29, 1.82) is 0 Å². The molecule has 0 aromatic heterocycles. The summed E-state index contributed by atoms with van der Waals surface area (Å²) in [5.74, 6) is 0.609. The summed E-state index contributed by atoms with van der Waals surface area (Å²) < 4.78 is 12.1. The summed E-state index contributed by atoms with van der Waals surface area (Å²) in [6.45, 7) is 11.6. The number of hydrogen-bond acceptors (Lipinski definition) is 3. The zero-order valence-electron chi connectivity index (χ0n) is 16.8. The van der Waals surface area contributed by atoms with Gasteiger partial charge in [-0.1, -0.05) is 57.2 Å². The molecule has 0 radical (unpaired) electrons. The Morgan fingerprint density at radius 2 is 1.78 bits per heavy atom. The third-order valence-corrected chi connectivity index (χ3v) is 10.1. The maximum absolute atomic E-state index is 12.5. The van der Waals surface area contributed by atoms with E-state index in [1.54, 1.807) is 0 Å². The number of carbonyl (C=O) groups is 1. The van der Waals surface area contributed by atoms with E-state index >= 15 is 0 Å². The molecule has 1 aliphatic heterocycles. The van der Waals surface area contributed by atoms with Crippen molar-refractivity contribution in [2.75, 3.05) is 11.9 Å². The summed E-state index contributed by atoms with van der Waals surface area (Å²) in [6, 6.07) is 16.0. The molecule has 0 bridgehead atoms. The third kappa shape index (κ3) is 4.42. The van der Waals surface area contributed by atoms with Crippen LogP contribution in [0.2, 0.25) is 18.1 Å². The number of amides is 1. The predicted molar refractivity (Wildman–Crippen MR) is 113 cm³/mol. The first kappa shape index (κ1) is 19.6. The van der Waals surface area contributed by atoms with Gasteiger partial charge in [-0.25, -0.2) is 0 Å². The van der Waals surface area contributed by atoms with Gasteiger partial charge in [0.25, 0.3) is 5.91 Å². The first-order valence-electron chi connectivity index (χ1n) is 9.48. The van der Waals surface area contributed by atoms with Gasteiger partial charge in [0.15, 0.2) is 14.4 Å². The maximum atomic E-state index is 12.5. The minimum atomic E-state index is -1.82. The average Bonchev–Trinajstić information content (AvgIpc) is 2.61. The number of nitrogens with one attached hydrogen (secondary N) is 1. The Morgan fingerprint density at radius 1 is 1.07 bits per heavy atom. The lowest BCUT2D eigenvalue weighted by Gasteiger charge is -2.36. The molecule has 2 aromatic carbocycles. The van der Waals surface area contributed by atoms with Gasteiger partial charge < -0.3 is 14.5 Å². The van der Waals surface area contributed by atoms with Crippen molar-refractivity contribution in [1.82, 2.24) is 0 Å². The summed E-state index contributed by atoms with van der Waals surface area (Å²) in [6.07, 6.45) is 0.0444. The van der Waals surface area contributed by atoms with Gasteiger partial charge in [0.1, 0.15) is 5.75 Å². The van der Waals surface area contributed by atoms with Gasteiger partial charge in [-0.05, 0) is 41.4 Å². The quantitative estimate of drug-likeness (QED) is 0.697. The fourth-order valence-electron chi connectivity index (χ4n) is 2.79. The molecule has 1 unspecified atom stereocenters. The first-order chi connectivity index (χ1) is 12.7. The van der Waals surface area contributed by atoms with Crippen molar-refractivity contribution in [3.63, 3.8) is 0 Å². The smallest absolute Gasteiger partial charge is 0.265 e. The molecule has 1 N–H and O–H groups in total. The van der Waals surface area contributed by atoms with Crippen LogP contribution >= 0.6 is 0 Å².